The Morgan fingerprint density at radius 3 is 2.60 bits per heavy atom. The summed E-state index contributed by atoms with van der Waals surface area (Å²) in [4.78, 5) is 18.0. The van der Waals surface area contributed by atoms with Crippen LogP contribution in [0.5, 0.6) is 5.75 Å². The van der Waals surface area contributed by atoms with Gasteiger partial charge in [0.25, 0.3) is 6.43 Å². The molecule has 5 nitrogen and oxygen atoms in total. The molecular formula is C13H10F2N2O3. The Morgan fingerprint density at radius 2 is 2.00 bits per heavy atom. The first-order chi connectivity index (χ1) is 9.58. The van der Waals surface area contributed by atoms with Gasteiger partial charge < -0.3 is 9.84 Å². The van der Waals surface area contributed by atoms with E-state index in [4.69, 9.17) is 9.84 Å². The van der Waals surface area contributed by atoms with E-state index in [0.29, 0.717) is 5.75 Å². The second-order valence-corrected chi connectivity index (χ2v) is 3.79. The van der Waals surface area contributed by atoms with Crippen LogP contribution in [0.2, 0.25) is 0 Å². The van der Waals surface area contributed by atoms with Crippen LogP contribution in [0.25, 0.3) is 0 Å². The molecule has 0 atom stereocenters. The Morgan fingerprint density at radius 1 is 1.30 bits per heavy atom. The van der Waals surface area contributed by atoms with Crippen molar-refractivity contribution in [2.24, 2.45) is 0 Å². The number of aromatic carboxylic acids is 1. The van der Waals surface area contributed by atoms with Crippen LogP contribution in [0.15, 0.2) is 36.5 Å². The number of hydrogen-bond donors (Lipinski definition) is 1. The van der Waals surface area contributed by atoms with Crippen molar-refractivity contribution < 1.29 is 23.4 Å². The molecule has 1 heterocycles. The first-order valence-corrected chi connectivity index (χ1v) is 5.63. The van der Waals surface area contributed by atoms with Crippen molar-refractivity contribution in [3.63, 3.8) is 0 Å². The number of carbonyl (C=O) groups is 1. The summed E-state index contributed by atoms with van der Waals surface area (Å²) in [6.07, 6.45) is -2.12. The van der Waals surface area contributed by atoms with Crippen molar-refractivity contribution in [3.8, 4) is 5.75 Å². The molecule has 0 aliphatic heterocycles. The summed E-state index contributed by atoms with van der Waals surface area (Å²) in [5, 5.41) is 8.77. The average molecular weight is 280 g/mol. The molecule has 0 unspecified atom stereocenters. The summed E-state index contributed by atoms with van der Waals surface area (Å²) in [6.45, 7) is -0.121. The quantitative estimate of drug-likeness (QED) is 0.911. The number of benzene rings is 1. The second-order valence-electron chi connectivity index (χ2n) is 3.79. The maximum Gasteiger partial charge on any atom is 0.339 e. The van der Waals surface area contributed by atoms with Crippen molar-refractivity contribution in [2.75, 3.05) is 0 Å². The molecule has 0 spiro atoms. The third-order valence-electron chi connectivity index (χ3n) is 2.42. The molecule has 2 aromatic rings. The predicted molar refractivity (Wildman–Crippen MR) is 64.7 cm³/mol. The number of ether oxygens (including phenoxy) is 1. The minimum Gasteiger partial charge on any atom is -0.486 e. The average Bonchev–Trinajstić information content (AvgIpc) is 2.45. The van der Waals surface area contributed by atoms with Gasteiger partial charge in [0.1, 0.15) is 23.6 Å². The SMILES string of the molecule is O=C(O)c1cnc(COc2ccccc2)nc1C(F)F. The van der Waals surface area contributed by atoms with Crippen molar-refractivity contribution >= 4 is 5.97 Å². The van der Waals surface area contributed by atoms with E-state index in [1.165, 1.54) is 0 Å². The lowest BCUT2D eigenvalue weighted by atomic mass is 10.2. The summed E-state index contributed by atoms with van der Waals surface area (Å²) in [5.41, 5.74) is -1.41. The zero-order chi connectivity index (χ0) is 14.5. The number of rotatable bonds is 5. The summed E-state index contributed by atoms with van der Waals surface area (Å²) in [7, 11) is 0. The Hall–Kier alpha value is -2.57. The van der Waals surface area contributed by atoms with Gasteiger partial charge in [0, 0.05) is 6.20 Å². The summed E-state index contributed by atoms with van der Waals surface area (Å²) >= 11 is 0. The standard InChI is InChI=1S/C13H10F2N2O3/c14-12(15)11-9(13(18)19)6-16-10(17-11)7-20-8-4-2-1-3-5-8/h1-6,12H,7H2,(H,18,19). The molecule has 1 aromatic carbocycles. The van der Waals surface area contributed by atoms with E-state index in [9.17, 15) is 13.6 Å². The van der Waals surface area contributed by atoms with Crippen LogP contribution in [0.4, 0.5) is 8.78 Å². The van der Waals surface area contributed by atoms with E-state index in [-0.39, 0.29) is 12.4 Å². The molecule has 0 radical (unpaired) electrons. The number of aromatic nitrogens is 2. The molecule has 7 heteroatoms. The van der Waals surface area contributed by atoms with Crippen LogP contribution >= 0.6 is 0 Å². The first kappa shape index (κ1) is 13.9. The fourth-order valence-corrected chi connectivity index (χ4v) is 1.50. The molecule has 0 bridgehead atoms. The topological polar surface area (TPSA) is 72.3 Å². The van der Waals surface area contributed by atoms with Crippen LogP contribution in [0.1, 0.15) is 28.3 Å². The number of halogens is 2. The molecular weight excluding hydrogens is 270 g/mol. The first-order valence-electron chi connectivity index (χ1n) is 5.63. The van der Waals surface area contributed by atoms with Crippen LogP contribution in [0.3, 0.4) is 0 Å². The minimum atomic E-state index is -2.99. The predicted octanol–water partition coefficient (Wildman–Crippen LogP) is 2.69. The van der Waals surface area contributed by atoms with Gasteiger partial charge in [-0.25, -0.2) is 23.5 Å². The molecule has 1 N–H and O–H groups in total. The maximum atomic E-state index is 12.7. The van der Waals surface area contributed by atoms with Gasteiger partial charge in [0.15, 0.2) is 5.82 Å². The van der Waals surface area contributed by atoms with E-state index in [1.807, 2.05) is 0 Å². The second kappa shape index (κ2) is 6.05. The van der Waals surface area contributed by atoms with Gasteiger partial charge in [-0.1, -0.05) is 18.2 Å². The highest BCUT2D eigenvalue weighted by atomic mass is 19.3. The monoisotopic (exact) mass is 280 g/mol. The minimum absolute atomic E-state index is 0.00541. The lowest BCUT2D eigenvalue weighted by molar-refractivity contribution is 0.0681. The highest BCUT2D eigenvalue weighted by Gasteiger charge is 2.21. The van der Waals surface area contributed by atoms with E-state index in [1.54, 1.807) is 30.3 Å². The molecule has 2 rings (SSSR count). The third-order valence-corrected chi connectivity index (χ3v) is 2.42. The number of alkyl halides is 2. The molecule has 0 saturated carbocycles. The van der Waals surface area contributed by atoms with Gasteiger partial charge in [-0.2, -0.15) is 0 Å². The summed E-state index contributed by atoms with van der Waals surface area (Å²) in [6, 6.07) is 8.71. The van der Waals surface area contributed by atoms with Crippen LogP contribution in [0, 0.1) is 0 Å². The molecule has 20 heavy (non-hydrogen) atoms. The zero-order valence-corrected chi connectivity index (χ0v) is 10.2. The summed E-state index contributed by atoms with van der Waals surface area (Å²) in [5.74, 6) is -0.956. The lowest BCUT2D eigenvalue weighted by Crippen LogP contribution is -2.11. The largest absolute Gasteiger partial charge is 0.486 e. The van der Waals surface area contributed by atoms with Crippen molar-refractivity contribution in [2.45, 2.75) is 13.0 Å². The Bertz CT molecular complexity index is 606. The van der Waals surface area contributed by atoms with Gasteiger partial charge in [-0.3, -0.25) is 0 Å². The zero-order valence-electron chi connectivity index (χ0n) is 10.2. The van der Waals surface area contributed by atoms with Crippen molar-refractivity contribution in [3.05, 3.63) is 53.6 Å². The summed E-state index contributed by atoms with van der Waals surface area (Å²) < 4.78 is 30.8. The Kier molecular flexibility index (Phi) is 4.19. The molecule has 104 valence electrons. The van der Waals surface area contributed by atoms with Gasteiger partial charge in [-0.05, 0) is 12.1 Å². The number of hydrogen-bond acceptors (Lipinski definition) is 4. The van der Waals surface area contributed by atoms with Crippen molar-refractivity contribution in [1.82, 2.24) is 9.97 Å². The molecule has 0 aliphatic carbocycles. The molecule has 0 aliphatic rings. The third kappa shape index (κ3) is 3.25. The van der Waals surface area contributed by atoms with Gasteiger partial charge in [0.2, 0.25) is 0 Å². The number of carboxylic acid groups (broad SMARTS) is 1. The van der Waals surface area contributed by atoms with E-state index in [2.05, 4.69) is 9.97 Å². The van der Waals surface area contributed by atoms with Crippen LogP contribution < -0.4 is 4.74 Å². The highest BCUT2D eigenvalue weighted by Crippen LogP contribution is 2.20. The molecule has 0 saturated heterocycles. The fourth-order valence-electron chi connectivity index (χ4n) is 1.50. The van der Waals surface area contributed by atoms with Gasteiger partial charge in [-0.15, -0.1) is 0 Å². The van der Waals surface area contributed by atoms with Crippen LogP contribution in [-0.4, -0.2) is 21.0 Å². The van der Waals surface area contributed by atoms with Crippen molar-refractivity contribution in [1.29, 1.82) is 0 Å². The number of carboxylic acids is 1. The Balaban J connectivity index is 2.17. The highest BCUT2D eigenvalue weighted by molar-refractivity contribution is 5.88. The maximum absolute atomic E-state index is 12.7. The smallest absolute Gasteiger partial charge is 0.339 e. The van der Waals surface area contributed by atoms with E-state index in [0.717, 1.165) is 6.20 Å². The normalized spacial score (nSPS) is 10.6. The Labute approximate surface area is 112 Å². The number of para-hydroxylation sites is 1. The van der Waals surface area contributed by atoms with Gasteiger partial charge >= 0.3 is 5.97 Å². The lowest BCUT2D eigenvalue weighted by Gasteiger charge is -2.08. The fraction of sp³-hybridized carbons (Fsp3) is 0.154. The number of nitrogens with zero attached hydrogens (tertiary/aromatic N) is 2. The molecule has 0 amide bonds. The van der Waals surface area contributed by atoms with E-state index < -0.39 is 23.7 Å². The molecule has 1 aromatic heterocycles. The van der Waals surface area contributed by atoms with Crippen LogP contribution in [-0.2, 0) is 6.61 Å². The molecule has 0 fully saturated rings. The van der Waals surface area contributed by atoms with E-state index >= 15 is 0 Å². The van der Waals surface area contributed by atoms with Gasteiger partial charge in [0.05, 0.1) is 0 Å².